The van der Waals surface area contributed by atoms with Gasteiger partial charge in [0.1, 0.15) is 0 Å². The van der Waals surface area contributed by atoms with E-state index < -0.39 is 0 Å². The summed E-state index contributed by atoms with van der Waals surface area (Å²) in [5.41, 5.74) is 1.11. The number of amides is 1. The van der Waals surface area contributed by atoms with Crippen LogP contribution in [-0.4, -0.2) is 11.4 Å². The third-order valence-electron chi connectivity index (χ3n) is 6.16. The van der Waals surface area contributed by atoms with Crippen LogP contribution in [0.2, 0.25) is 0 Å². The topological polar surface area (TPSA) is 29.1 Å². The van der Waals surface area contributed by atoms with Crippen molar-refractivity contribution in [2.24, 2.45) is 16.7 Å². The summed E-state index contributed by atoms with van der Waals surface area (Å²) in [6, 6.07) is 0. The van der Waals surface area contributed by atoms with E-state index in [0.29, 0.717) is 10.8 Å². The predicted molar refractivity (Wildman–Crippen MR) is 82.3 cm³/mol. The Hall–Kier alpha value is -0.790. The zero-order valence-electron chi connectivity index (χ0n) is 13.3. The largest absolute Gasteiger partial charge is 0.350 e. The number of hydrogen-bond donors (Lipinski definition) is 1. The first-order valence-corrected chi connectivity index (χ1v) is 8.44. The Morgan fingerprint density at radius 2 is 1.85 bits per heavy atom. The van der Waals surface area contributed by atoms with Crippen LogP contribution in [0.25, 0.3) is 0 Å². The summed E-state index contributed by atoms with van der Waals surface area (Å²) in [6.45, 7) is 6.33. The zero-order valence-corrected chi connectivity index (χ0v) is 13.3. The van der Waals surface area contributed by atoms with Crippen LogP contribution in [0.4, 0.5) is 0 Å². The van der Waals surface area contributed by atoms with Gasteiger partial charge in [-0.05, 0) is 68.1 Å². The minimum atomic E-state index is 0.160. The lowest BCUT2D eigenvalue weighted by Crippen LogP contribution is -2.45. The van der Waals surface area contributed by atoms with Crippen molar-refractivity contribution in [1.29, 1.82) is 0 Å². The van der Waals surface area contributed by atoms with Gasteiger partial charge >= 0.3 is 0 Å². The number of allylic oxidation sites excluding steroid dienone is 2. The smallest absolute Gasteiger partial charge is 0.217 e. The van der Waals surface area contributed by atoms with Crippen LogP contribution in [0.3, 0.4) is 0 Å². The molecule has 0 aromatic rings. The molecule has 3 aliphatic rings. The fourth-order valence-corrected chi connectivity index (χ4v) is 4.56. The molecule has 0 unspecified atom stereocenters. The lowest BCUT2D eigenvalue weighted by molar-refractivity contribution is -0.120. The van der Waals surface area contributed by atoms with E-state index >= 15 is 0 Å². The van der Waals surface area contributed by atoms with Gasteiger partial charge in [0.15, 0.2) is 0 Å². The average molecular weight is 275 g/mol. The monoisotopic (exact) mass is 275 g/mol. The van der Waals surface area contributed by atoms with Gasteiger partial charge in [0, 0.05) is 12.5 Å². The molecule has 0 radical (unpaired) electrons. The Morgan fingerprint density at radius 3 is 2.25 bits per heavy atom. The van der Waals surface area contributed by atoms with Crippen LogP contribution >= 0.6 is 0 Å². The number of rotatable bonds is 7. The molecule has 20 heavy (non-hydrogen) atoms. The van der Waals surface area contributed by atoms with E-state index in [-0.39, 0.29) is 11.4 Å². The normalized spacial score (nSPS) is 28.9. The van der Waals surface area contributed by atoms with Crippen LogP contribution in [0.5, 0.6) is 0 Å². The Kier molecular flexibility index (Phi) is 3.26. The summed E-state index contributed by atoms with van der Waals surface area (Å²) in [5.74, 6) is 0.897. The Morgan fingerprint density at radius 1 is 1.20 bits per heavy atom. The highest BCUT2D eigenvalue weighted by molar-refractivity contribution is 5.74. The quantitative estimate of drug-likeness (QED) is 0.693. The number of hydrogen-bond acceptors (Lipinski definition) is 1. The summed E-state index contributed by atoms with van der Waals surface area (Å²) in [7, 11) is 0. The molecule has 3 rings (SSSR count). The molecule has 1 amide bonds. The third-order valence-corrected chi connectivity index (χ3v) is 6.16. The van der Waals surface area contributed by atoms with Gasteiger partial charge in [-0.2, -0.15) is 0 Å². The molecule has 0 aromatic heterocycles. The zero-order chi connectivity index (χ0) is 14.4. The van der Waals surface area contributed by atoms with Gasteiger partial charge in [0.05, 0.1) is 0 Å². The van der Waals surface area contributed by atoms with E-state index in [1.807, 2.05) is 0 Å². The molecule has 0 aliphatic heterocycles. The second kappa shape index (κ2) is 4.61. The maximum absolute atomic E-state index is 11.5. The molecule has 0 bridgehead atoms. The van der Waals surface area contributed by atoms with Gasteiger partial charge in [-0.25, -0.2) is 0 Å². The maximum Gasteiger partial charge on any atom is 0.217 e. The van der Waals surface area contributed by atoms with E-state index in [1.54, 1.807) is 6.92 Å². The molecular formula is C18H29NO. The van der Waals surface area contributed by atoms with Crippen molar-refractivity contribution in [3.63, 3.8) is 0 Å². The standard InChI is InChI=1S/C18H29NO/c1-4-5-6-16(7-8-16)13-14(2)17(9-10-17)18(11-12-18)19-15(3)20/h5-6,14H,4,7-13H2,1-3H3,(H,19,20)/b6-5+/t14-/m0/s1. The first-order valence-electron chi connectivity index (χ1n) is 8.44. The van der Waals surface area contributed by atoms with Crippen LogP contribution in [0, 0.1) is 16.7 Å². The molecule has 0 aromatic carbocycles. The van der Waals surface area contributed by atoms with Crippen LogP contribution < -0.4 is 5.32 Å². The van der Waals surface area contributed by atoms with Gasteiger partial charge in [-0.3, -0.25) is 4.79 Å². The van der Waals surface area contributed by atoms with Crippen molar-refractivity contribution in [1.82, 2.24) is 5.32 Å². The van der Waals surface area contributed by atoms with Crippen LogP contribution in [-0.2, 0) is 4.79 Å². The van der Waals surface area contributed by atoms with E-state index in [4.69, 9.17) is 0 Å². The van der Waals surface area contributed by atoms with E-state index in [2.05, 4.69) is 31.3 Å². The number of nitrogens with one attached hydrogen (secondary N) is 1. The third kappa shape index (κ3) is 2.31. The van der Waals surface area contributed by atoms with Gasteiger partial charge in [0.25, 0.3) is 0 Å². The molecule has 0 spiro atoms. The minimum absolute atomic E-state index is 0.160. The lowest BCUT2D eigenvalue weighted by atomic mass is 9.75. The number of carbonyl (C=O) groups excluding carboxylic acids is 1. The SMILES string of the molecule is CC/C=C/C1(C[C@H](C)C2(C3(NC(C)=O)CC3)CC2)CC1. The molecule has 3 aliphatic carbocycles. The Labute approximate surface area is 123 Å². The summed E-state index contributed by atoms with van der Waals surface area (Å²) < 4.78 is 0. The summed E-state index contributed by atoms with van der Waals surface area (Å²) in [4.78, 5) is 11.5. The Balaban J connectivity index is 1.67. The minimum Gasteiger partial charge on any atom is -0.350 e. The van der Waals surface area contributed by atoms with Crippen molar-refractivity contribution < 1.29 is 4.79 Å². The fourth-order valence-electron chi connectivity index (χ4n) is 4.56. The molecule has 2 nitrogen and oxygen atoms in total. The van der Waals surface area contributed by atoms with Crippen LogP contribution in [0.1, 0.15) is 72.1 Å². The van der Waals surface area contributed by atoms with Crippen molar-refractivity contribution in [2.75, 3.05) is 0 Å². The molecule has 112 valence electrons. The molecule has 0 heterocycles. The average Bonchev–Trinajstić information content (AvgIpc) is 3.19. The van der Waals surface area contributed by atoms with Crippen LogP contribution in [0.15, 0.2) is 12.2 Å². The molecule has 3 fully saturated rings. The van der Waals surface area contributed by atoms with Crippen molar-refractivity contribution in [3.05, 3.63) is 12.2 Å². The first-order chi connectivity index (χ1) is 9.48. The van der Waals surface area contributed by atoms with Gasteiger partial charge in [-0.15, -0.1) is 0 Å². The molecule has 2 heteroatoms. The molecule has 1 N–H and O–H groups in total. The van der Waals surface area contributed by atoms with Gasteiger partial charge in [0.2, 0.25) is 5.91 Å². The molecular weight excluding hydrogens is 246 g/mol. The lowest BCUT2D eigenvalue weighted by Gasteiger charge is -2.34. The summed E-state index contributed by atoms with van der Waals surface area (Å²) in [5, 5.41) is 3.31. The molecule has 1 atom stereocenters. The molecule has 3 saturated carbocycles. The maximum atomic E-state index is 11.5. The molecule has 0 saturated heterocycles. The highest BCUT2D eigenvalue weighted by Crippen LogP contribution is 2.70. The summed E-state index contributed by atoms with van der Waals surface area (Å²) >= 11 is 0. The van der Waals surface area contributed by atoms with E-state index in [0.717, 1.165) is 12.3 Å². The van der Waals surface area contributed by atoms with Gasteiger partial charge in [-0.1, -0.05) is 26.0 Å². The number of carbonyl (C=O) groups is 1. The highest BCUT2D eigenvalue weighted by Gasteiger charge is 2.68. The highest BCUT2D eigenvalue weighted by atomic mass is 16.1. The van der Waals surface area contributed by atoms with Crippen molar-refractivity contribution in [2.45, 2.75) is 77.7 Å². The van der Waals surface area contributed by atoms with E-state index in [9.17, 15) is 4.79 Å². The van der Waals surface area contributed by atoms with Crippen molar-refractivity contribution in [3.8, 4) is 0 Å². The van der Waals surface area contributed by atoms with Gasteiger partial charge < -0.3 is 5.32 Å². The second-order valence-electron chi connectivity index (χ2n) is 7.70. The van der Waals surface area contributed by atoms with Crippen molar-refractivity contribution >= 4 is 5.91 Å². The summed E-state index contributed by atoms with van der Waals surface area (Å²) in [6.07, 6.45) is 15.1. The Bertz CT molecular complexity index is 425. The fraction of sp³-hybridized carbons (Fsp3) is 0.833. The first kappa shape index (κ1) is 14.2. The van der Waals surface area contributed by atoms with E-state index in [1.165, 1.54) is 44.9 Å². The predicted octanol–water partition coefficient (Wildman–Crippen LogP) is 4.21. The second-order valence-corrected chi connectivity index (χ2v) is 7.70.